The minimum absolute atomic E-state index is 0.110. The van der Waals surface area contributed by atoms with E-state index < -0.39 is 22.3 Å². The lowest BCUT2D eigenvalue weighted by Gasteiger charge is -2.32. The van der Waals surface area contributed by atoms with Gasteiger partial charge in [0.25, 0.3) is 5.96 Å². The van der Waals surface area contributed by atoms with E-state index in [0.29, 0.717) is 45.4 Å². The van der Waals surface area contributed by atoms with Crippen molar-refractivity contribution in [3.05, 3.63) is 53.1 Å². The van der Waals surface area contributed by atoms with E-state index in [-0.39, 0.29) is 11.7 Å². The number of oxime groups is 1. The zero-order valence-electron chi connectivity index (χ0n) is 24.9. The molecule has 0 bridgehead atoms. The highest BCUT2D eigenvalue weighted by atomic mass is 32.2. The minimum atomic E-state index is -2.22. The van der Waals surface area contributed by atoms with Crippen LogP contribution in [0.4, 0.5) is 5.69 Å². The van der Waals surface area contributed by atoms with Crippen LogP contribution in [0.15, 0.2) is 41.6 Å². The summed E-state index contributed by atoms with van der Waals surface area (Å²) in [5, 5.41) is 5.33. The van der Waals surface area contributed by atoms with Gasteiger partial charge in [-0.15, -0.1) is 0 Å². The van der Waals surface area contributed by atoms with Crippen LogP contribution < -0.4 is 20.3 Å². The molecule has 0 aromatic heterocycles. The molecular weight excluding hydrogens is 538 g/mol. The second-order valence-electron chi connectivity index (χ2n) is 10.6. The molecule has 2 aromatic rings. The van der Waals surface area contributed by atoms with Crippen LogP contribution in [-0.2, 0) is 36.0 Å². The second kappa shape index (κ2) is 13.7. The molecule has 11 nitrogen and oxygen atoms in total. The number of ether oxygens (including phenoxy) is 4. The monoisotopic (exact) mass is 579 g/mol. The van der Waals surface area contributed by atoms with Crippen LogP contribution in [0.5, 0.6) is 11.5 Å². The predicted octanol–water partition coefficient (Wildman–Crippen LogP) is 5.13. The molecule has 1 unspecified atom stereocenters. The molecule has 0 amide bonds. The van der Waals surface area contributed by atoms with Gasteiger partial charge in [-0.2, -0.15) is 5.06 Å². The first-order valence-corrected chi connectivity index (χ1v) is 13.7. The van der Waals surface area contributed by atoms with Gasteiger partial charge in [-0.25, -0.2) is 4.21 Å². The lowest BCUT2D eigenvalue weighted by atomic mass is 10.0. The molecule has 0 heterocycles. The minimum Gasteiger partial charge on any atom is -0.496 e. The summed E-state index contributed by atoms with van der Waals surface area (Å²) >= 11 is -2.22. The SMILES string of the molecule is COC(=C(OC)c1ccccc1OC)c1cc(OC)c(N(OC(C)(C)C)C(N)=NOC(C)(C)C)cc1CS(=O)O. The van der Waals surface area contributed by atoms with Crippen LogP contribution in [0.3, 0.4) is 0 Å². The van der Waals surface area contributed by atoms with Crippen molar-refractivity contribution in [1.29, 1.82) is 0 Å². The molecule has 0 aliphatic carbocycles. The summed E-state index contributed by atoms with van der Waals surface area (Å²) < 4.78 is 44.9. The molecule has 40 heavy (non-hydrogen) atoms. The number of hydroxylamine groups is 1. The number of nitrogens with zero attached hydrogens (tertiary/aromatic N) is 2. The molecule has 0 fully saturated rings. The Hall–Kier alpha value is -3.48. The maximum atomic E-state index is 12.1. The summed E-state index contributed by atoms with van der Waals surface area (Å²) in [5.41, 5.74) is 6.83. The Balaban J connectivity index is 2.91. The van der Waals surface area contributed by atoms with Gasteiger partial charge in [0.1, 0.15) is 22.8 Å². The van der Waals surface area contributed by atoms with Gasteiger partial charge >= 0.3 is 0 Å². The zero-order chi connectivity index (χ0) is 30.3. The summed E-state index contributed by atoms with van der Waals surface area (Å²) in [5.74, 6) is 1.14. The van der Waals surface area contributed by atoms with E-state index in [4.69, 9.17) is 34.4 Å². The average molecular weight is 580 g/mol. The van der Waals surface area contributed by atoms with Crippen molar-refractivity contribution < 1.29 is 37.4 Å². The number of guanidine groups is 1. The Labute approximate surface area is 239 Å². The molecule has 2 rings (SSSR count). The third-order valence-corrected chi connectivity index (χ3v) is 5.66. The van der Waals surface area contributed by atoms with Crippen LogP contribution in [0.2, 0.25) is 0 Å². The van der Waals surface area contributed by atoms with Crippen molar-refractivity contribution in [2.45, 2.75) is 58.5 Å². The normalized spacial score (nSPS) is 13.7. The molecule has 0 saturated carbocycles. The second-order valence-corrected chi connectivity index (χ2v) is 11.5. The maximum absolute atomic E-state index is 12.1. The van der Waals surface area contributed by atoms with E-state index in [1.807, 2.05) is 59.7 Å². The van der Waals surface area contributed by atoms with E-state index in [0.717, 1.165) is 0 Å². The Morgan fingerprint density at radius 1 is 0.900 bits per heavy atom. The fourth-order valence-electron chi connectivity index (χ4n) is 3.59. The van der Waals surface area contributed by atoms with Crippen molar-refractivity contribution in [2.24, 2.45) is 10.9 Å². The van der Waals surface area contributed by atoms with Gasteiger partial charge in [-0.05, 0) is 76.5 Å². The lowest BCUT2D eigenvalue weighted by Crippen LogP contribution is -2.43. The Bertz CT molecular complexity index is 1250. The number of nitrogens with two attached hydrogens (primary N) is 1. The molecule has 222 valence electrons. The Morgan fingerprint density at radius 2 is 1.48 bits per heavy atom. The number of benzene rings is 2. The first-order valence-electron chi connectivity index (χ1n) is 12.4. The highest BCUT2D eigenvalue weighted by Gasteiger charge is 2.29. The molecule has 0 radical (unpaired) electrons. The van der Waals surface area contributed by atoms with E-state index in [1.165, 1.54) is 26.4 Å². The van der Waals surface area contributed by atoms with E-state index in [9.17, 15) is 8.76 Å². The largest absolute Gasteiger partial charge is 0.496 e. The first-order chi connectivity index (χ1) is 18.6. The predicted molar refractivity (Wildman–Crippen MR) is 157 cm³/mol. The van der Waals surface area contributed by atoms with Gasteiger partial charge in [0, 0.05) is 5.56 Å². The van der Waals surface area contributed by atoms with Gasteiger partial charge in [-0.1, -0.05) is 12.1 Å². The molecule has 0 spiro atoms. The molecule has 12 heteroatoms. The quantitative estimate of drug-likeness (QED) is 0.0922. The Morgan fingerprint density at radius 3 is 1.98 bits per heavy atom. The fourth-order valence-corrected chi connectivity index (χ4v) is 4.10. The molecular formula is C28H41N3O8S. The number of anilines is 1. The third-order valence-electron chi connectivity index (χ3n) is 5.10. The number of hydrogen-bond acceptors (Lipinski definition) is 8. The number of para-hydroxylation sites is 1. The van der Waals surface area contributed by atoms with Gasteiger partial charge in [-0.3, -0.25) is 4.84 Å². The summed E-state index contributed by atoms with van der Waals surface area (Å²) in [6.07, 6.45) is 0. The number of hydrogen-bond donors (Lipinski definition) is 2. The van der Waals surface area contributed by atoms with E-state index in [1.54, 1.807) is 25.3 Å². The maximum Gasteiger partial charge on any atom is 0.262 e. The van der Waals surface area contributed by atoms with Crippen LogP contribution in [0.25, 0.3) is 11.5 Å². The molecule has 0 aliphatic rings. The molecule has 0 aliphatic heterocycles. The number of methoxy groups -OCH3 is 4. The van der Waals surface area contributed by atoms with Crippen molar-refractivity contribution in [1.82, 2.24) is 0 Å². The fraction of sp³-hybridized carbons (Fsp3) is 0.464. The molecule has 2 aromatic carbocycles. The van der Waals surface area contributed by atoms with Crippen LogP contribution >= 0.6 is 0 Å². The molecule has 0 saturated heterocycles. The highest BCUT2D eigenvalue weighted by Crippen LogP contribution is 2.40. The lowest BCUT2D eigenvalue weighted by molar-refractivity contribution is -0.0144. The van der Waals surface area contributed by atoms with E-state index >= 15 is 0 Å². The smallest absolute Gasteiger partial charge is 0.262 e. The zero-order valence-corrected chi connectivity index (χ0v) is 25.7. The summed E-state index contributed by atoms with van der Waals surface area (Å²) in [7, 11) is 6.01. The van der Waals surface area contributed by atoms with Crippen molar-refractivity contribution in [3.8, 4) is 11.5 Å². The van der Waals surface area contributed by atoms with Crippen molar-refractivity contribution in [2.75, 3.05) is 33.5 Å². The topological polar surface area (TPSA) is 134 Å². The first kappa shape index (κ1) is 32.7. The molecule has 1 atom stereocenters. The van der Waals surface area contributed by atoms with Gasteiger partial charge in [0.15, 0.2) is 22.6 Å². The summed E-state index contributed by atoms with van der Waals surface area (Å²) in [6.45, 7) is 11.0. The van der Waals surface area contributed by atoms with E-state index in [2.05, 4.69) is 5.16 Å². The molecule has 3 N–H and O–H groups in total. The standard InChI is InChI=1S/C28H41N3O8S/c1-27(2,3)38-30-26(29)31(39-28(4,5)6)21-15-18(17-40(32)33)20(16-23(21)35-8)25(37-10)24(36-9)19-13-11-12-14-22(19)34-7/h11-16H,17H2,1-10H3,(H2,29,30)(H,32,33). The Kier molecular flexibility index (Phi) is 11.2. The van der Waals surface area contributed by atoms with Crippen molar-refractivity contribution >= 4 is 34.2 Å². The van der Waals surface area contributed by atoms with Crippen molar-refractivity contribution in [3.63, 3.8) is 0 Å². The van der Waals surface area contributed by atoms with Gasteiger partial charge in [0.2, 0.25) is 0 Å². The van der Waals surface area contributed by atoms with Gasteiger partial charge in [0.05, 0.1) is 45.4 Å². The number of rotatable bonds is 11. The average Bonchev–Trinajstić information content (AvgIpc) is 2.87. The summed E-state index contributed by atoms with van der Waals surface area (Å²) in [6, 6.07) is 10.6. The van der Waals surface area contributed by atoms with Crippen LogP contribution in [-0.4, -0.2) is 54.4 Å². The van der Waals surface area contributed by atoms with Crippen LogP contribution in [0.1, 0.15) is 58.2 Å². The third kappa shape index (κ3) is 8.77. The van der Waals surface area contributed by atoms with Gasteiger partial charge < -0.3 is 34.1 Å². The highest BCUT2D eigenvalue weighted by molar-refractivity contribution is 7.78. The van der Waals surface area contributed by atoms with Crippen LogP contribution in [0, 0.1) is 0 Å². The summed E-state index contributed by atoms with van der Waals surface area (Å²) in [4.78, 5) is 11.7.